The van der Waals surface area contributed by atoms with Crippen molar-refractivity contribution in [3.63, 3.8) is 0 Å². The molecule has 0 bridgehead atoms. The van der Waals surface area contributed by atoms with E-state index in [9.17, 15) is 23.1 Å². The number of piperidine rings is 1. The van der Waals surface area contributed by atoms with Gasteiger partial charge in [0.25, 0.3) is 11.8 Å². The van der Waals surface area contributed by atoms with E-state index in [0.717, 1.165) is 17.0 Å². The summed E-state index contributed by atoms with van der Waals surface area (Å²) < 4.78 is 40.2. The number of aryl methyl sites for hydroxylation is 1. The standard InChI is InChI=1S/C13H14F3NO2/c1-8-5-10(14)9(6-11(8)18)12(19)17-4-2-3-13(15,16)7-17/h5-6,18H,2-4,7H2,1H3. The van der Waals surface area contributed by atoms with Crippen molar-refractivity contribution in [1.29, 1.82) is 0 Å². The molecule has 3 nitrogen and oxygen atoms in total. The van der Waals surface area contributed by atoms with Gasteiger partial charge in [0, 0.05) is 13.0 Å². The Morgan fingerprint density at radius 2 is 2.11 bits per heavy atom. The van der Waals surface area contributed by atoms with E-state index >= 15 is 0 Å². The maximum atomic E-state index is 13.7. The Morgan fingerprint density at radius 3 is 2.74 bits per heavy atom. The molecule has 1 N–H and O–H groups in total. The maximum absolute atomic E-state index is 13.7. The zero-order valence-corrected chi connectivity index (χ0v) is 10.4. The molecule has 1 aliphatic rings. The van der Waals surface area contributed by atoms with E-state index in [1.54, 1.807) is 0 Å². The summed E-state index contributed by atoms with van der Waals surface area (Å²) in [6.45, 7) is 0.949. The highest BCUT2D eigenvalue weighted by Gasteiger charge is 2.37. The van der Waals surface area contributed by atoms with Crippen molar-refractivity contribution in [1.82, 2.24) is 4.90 Å². The minimum absolute atomic E-state index is 0.169. The van der Waals surface area contributed by atoms with Gasteiger partial charge in [0.15, 0.2) is 0 Å². The van der Waals surface area contributed by atoms with Crippen molar-refractivity contribution in [2.75, 3.05) is 13.1 Å². The fourth-order valence-corrected chi connectivity index (χ4v) is 2.13. The van der Waals surface area contributed by atoms with E-state index in [1.165, 1.54) is 6.92 Å². The van der Waals surface area contributed by atoms with Crippen LogP contribution in [-0.4, -0.2) is 34.9 Å². The van der Waals surface area contributed by atoms with E-state index in [2.05, 4.69) is 0 Å². The summed E-state index contributed by atoms with van der Waals surface area (Å²) in [4.78, 5) is 12.9. The Kier molecular flexibility index (Phi) is 3.43. The minimum atomic E-state index is -2.93. The zero-order valence-electron chi connectivity index (χ0n) is 10.4. The lowest BCUT2D eigenvalue weighted by Crippen LogP contribution is -2.45. The number of carbonyl (C=O) groups is 1. The SMILES string of the molecule is Cc1cc(F)c(C(=O)N2CCCC(F)(F)C2)cc1O. The number of aromatic hydroxyl groups is 1. The molecule has 0 aliphatic carbocycles. The maximum Gasteiger partial charge on any atom is 0.265 e. The Labute approximate surface area is 108 Å². The van der Waals surface area contributed by atoms with Gasteiger partial charge >= 0.3 is 0 Å². The largest absolute Gasteiger partial charge is 0.508 e. The van der Waals surface area contributed by atoms with E-state index < -0.39 is 24.2 Å². The van der Waals surface area contributed by atoms with Gasteiger partial charge in [0.1, 0.15) is 11.6 Å². The van der Waals surface area contributed by atoms with Crippen LogP contribution < -0.4 is 0 Å². The Morgan fingerprint density at radius 1 is 1.42 bits per heavy atom. The van der Waals surface area contributed by atoms with E-state index in [0.29, 0.717) is 0 Å². The molecule has 19 heavy (non-hydrogen) atoms. The molecule has 1 aromatic rings. The van der Waals surface area contributed by atoms with Crippen molar-refractivity contribution in [3.8, 4) is 5.75 Å². The molecule has 0 radical (unpaired) electrons. The first-order valence-corrected chi connectivity index (χ1v) is 5.96. The van der Waals surface area contributed by atoms with Gasteiger partial charge in [0.05, 0.1) is 12.1 Å². The van der Waals surface area contributed by atoms with Crippen LogP contribution in [0.5, 0.6) is 5.75 Å². The second-order valence-electron chi connectivity index (χ2n) is 4.80. The van der Waals surface area contributed by atoms with Gasteiger partial charge in [-0.2, -0.15) is 0 Å². The molecule has 0 spiro atoms. The van der Waals surface area contributed by atoms with Crippen LogP contribution >= 0.6 is 0 Å². The third kappa shape index (κ3) is 2.83. The van der Waals surface area contributed by atoms with Crippen LogP contribution in [0.3, 0.4) is 0 Å². The van der Waals surface area contributed by atoms with Crippen LogP contribution in [0.4, 0.5) is 13.2 Å². The van der Waals surface area contributed by atoms with Crippen LogP contribution in [0.15, 0.2) is 12.1 Å². The summed E-state index contributed by atoms with van der Waals surface area (Å²) in [6, 6.07) is 2.00. The first kappa shape index (κ1) is 13.7. The van der Waals surface area contributed by atoms with Crippen molar-refractivity contribution < 1.29 is 23.1 Å². The summed E-state index contributed by atoms with van der Waals surface area (Å²) in [5.41, 5.74) is -0.0844. The molecule has 1 aliphatic heterocycles. The molecule has 1 fully saturated rings. The fourth-order valence-electron chi connectivity index (χ4n) is 2.13. The number of benzene rings is 1. The quantitative estimate of drug-likeness (QED) is 0.854. The second kappa shape index (κ2) is 4.75. The molecule has 104 valence electrons. The molecular formula is C13H14F3NO2. The molecule has 1 aromatic carbocycles. The van der Waals surface area contributed by atoms with Gasteiger partial charge in [0.2, 0.25) is 0 Å². The molecule has 0 aromatic heterocycles. The first-order valence-electron chi connectivity index (χ1n) is 5.96. The Hall–Kier alpha value is -1.72. The number of halogens is 3. The van der Waals surface area contributed by atoms with E-state index in [1.807, 2.05) is 0 Å². The van der Waals surface area contributed by atoms with E-state index in [4.69, 9.17) is 0 Å². The fraction of sp³-hybridized carbons (Fsp3) is 0.462. The number of hydrogen-bond donors (Lipinski definition) is 1. The summed E-state index contributed by atoms with van der Waals surface area (Å²) >= 11 is 0. The topological polar surface area (TPSA) is 40.5 Å². The second-order valence-corrected chi connectivity index (χ2v) is 4.80. The average molecular weight is 273 g/mol. The Balaban J connectivity index is 2.27. The zero-order chi connectivity index (χ0) is 14.2. The summed E-state index contributed by atoms with van der Waals surface area (Å²) in [6.07, 6.45) is -0.0867. The lowest BCUT2D eigenvalue weighted by atomic mass is 10.0. The number of phenols is 1. The molecule has 0 unspecified atom stereocenters. The highest BCUT2D eigenvalue weighted by atomic mass is 19.3. The van der Waals surface area contributed by atoms with Gasteiger partial charge < -0.3 is 10.0 Å². The predicted molar refractivity (Wildman–Crippen MR) is 62.9 cm³/mol. The van der Waals surface area contributed by atoms with Crippen LogP contribution in [0.2, 0.25) is 0 Å². The molecule has 1 heterocycles. The third-order valence-electron chi connectivity index (χ3n) is 3.20. The van der Waals surface area contributed by atoms with E-state index in [-0.39, 0.29) is 36.3 Å². The van der Waals surface area contributed by atoms with Crippen LogP contribution in [0.1, 0.15) is 28.8 Å². The minimum Gasteiger partial charge on any atom is -0.508 e. The Bertz CT molecular complexity index is 517. The van der Waals surface area contributed by atoms with Crippen molar-refractivity contribution >= 4 is 5.91 Å². The number of carbonyl (C=O) groups excluding carboxylic acids is 1. The molecular weight excluding hydrogens is 259 g/mol. The molecule has 2 rings (SSSR count). The van der Waals surface area contributed by atoms with Crippen molar-refractivity contribution in [2.24, 2.45) is 0 Å². The van der Waals surface area contributed by atoms with Crippen LogP contribution in [0, 0.1) is 12.7 Å². The lowest BCUT2D eigenvalue weighted by Gasteiger charge is -2.32. The number of rotatable bonds is 1. The average Bonchev–Trinajstić information content (AvgIpc) is 2.31. The smallest absolute Gasteiger partial charge is 0.265 e. The first-order chi connectivity index (χ1) is 8.80. The molecule has 0 saturated carbocycles. The molecule has 0 atom stereocenters. The number of amides is 1. The molecule has 1 amide bonds. The van der Waals surface area contributed by atoms with Gasteiger partial charge in [-0.25, -0.2) is 13.2 Å². The van der Waals surface area contributed by atoms with Crippen molar-refractivity contribution in [3.05, 3.63) is 29.1 Å². The van der Waals surface area contributed by atoms with Gasteiger partial charge in [-0.05, 0) is 31.0 Å². The summed E-state index contributed by atoms with van der Waals surface area (Å²) in [5, 5.41) is 9.49. The number of likely N-dealkylation sites (tertiary alicyclic amines) is 1. The number of nitrogens with zero attached hydrogens (tertiary/aromatic N) is 1. The van der Waals surface area contributed by atoms with Gasteiger partial charge in [-0.3, -0.25) is 4.79 Å². The summed E-state index contributed by atoms with van der Waals surface area (Å²) in [7, 11) is 0. The van der Waals surface area contributed by atoms with Crippen molar-refractivity contribution in [2.45, 2.75) is 25.7 Å². The number of alkyl halides is 2. The lowest BCUT2D eigenvalue weighted by molar-refractivity contribution is -0.0561. The van der Waals surface area contributed by atoms with Gasteiger partial charge in [-0.15, -0.1) is 0 Å². The normalized spacial score (nSPS) is 18.4. The highest BCUT2D eigenvalue weighted by Crippen LogP contribution is 2.29. The van der Waals surface area contributed by atoms with Gasteiger partial charge in [-0.1, -0.05) is 0 Å². The highest BCUT2D eigenvalue weighted by molar-refractivity contribution is 5.95. The number of phenolic OH excluding ortho intramolecular Hbond substituents is 1. The third-order valence-corrected chi connectivity index (χ3v) is 3.20. The monoisotopic (exact) mass is 273 g/mol. The number of hydrogen-bond acceptors (Lipinski definition) is 2. The summed E-state index contributed by atoms with van der Waals surface area (Å²) in [5.74, 6) is -4.79. The molecule has 6 heteroatoms. The predicted octanol–water partition coefficient (Wildman–Crippen LogP) is 2.71. The molecule has 1 saturated heterocycles. The van der Waals surface area contributed by atoms with Crippen LogP contribution in [-0.2, 0) is 0 Å². The van der Waals surface area contributed by atoms with Crippen LogP contribution in [0.25, 0.3) is 0 Å².